The van der Waals surface area contributed by atoms with E-state index in [2.05, 4.69) is 10.3 Å². The molecule has 1 aromatic heterocycles. The zero-order chi connectivity index (χ0) is 13.7. The van der Waals surface area contributed by atoms with Crippen LogP contribution >= 0.6 is 12.2 Å². The summed E-state index contributed by atoms with van der Waals surface area (Å²) < 4.78 is 0. The van der Waals surface area contributed by atoms with Crippen molar-refractivity contribution in [2.45, 2.75) is 6.42 Å². The van der Waals surface area contributed by atoms with Crippen molar-refractivity contribution in [3.05, 3.63) is 53.9 Å². The minimum absolute atomic E-state index is 0.278. The predicted octanol–water partition coefficient (Wildman–Crippen LogP) is 2.08. The minimum atomic E-state index is 0.278. The Kier molecular flexibility index (Phi) is 4.30. The number of hydrogen-bond acceptors (Lipinski definition) is 4. The maximum atomic E-state index is 9.21. The van der Waals surface area contributed by atoms with Crippen LogP contribution < -0.4 is 11.1 Å². The average Bonchev–Trinajstić information content (AvgIpc) is 2.41. The van der Waals surface area contributed by atoms with Crippen LogP contribution in [0, 0.1) is 0 Å². The van der Waals surface area contributed by atoms with Crippen LogP contribution in [0.25, 0.3) is 0 Å². The second-order valence-corrected chi connectivity index (χ2v) is 4.57. The van der Waals surface area contributed by atoms with E-state index in [0.717, 1.165) is 29.8 Å². The van der Waals surface area contributed by atoms with Crippen LogP contribution in [-0.2, 0) is 6.42 Å². The number of phenolic OH excluding ortho intramolecular Hbond substituents is 1. The first-order chi connectivity index (χ1) is 9.16. The Morgan fingerprint density at radius 3 is 2.68 bits per heavy atom. The highest BCUT2D eigenvalue weighted by Gasteiger charge is 2.04. The fourth-order valence-electron chi connectivity index (χ4n) is 1.75. The van der Waals surface area contributed by atoms with Gasteiger partial charge in [-0.05, 0) is 30.2 Å². The third kappa shape index (κ3) is 3.66. The van der Waals surface area contributed by atoms with Gasteiger partial charge in [0.25, 0.3) is 0 Å². The number of aromatic hydroxyl groups is 1. The Bertz CT molecular complexity index is 569. The lowest BCUT2D eigenvalue weighted by molar-refractivity contribution is 0.475. The summed E-state index contributed by atoms with van der Waals surface area (Å²) >= 11 is 4.99. The number of anilines is 1. The summed E-state index contributed by atoms with van der Waals surface area (Å²) in [5.74, 6) is 0.278. The van der Waals surface area contributed by atoms with Gasteiger partial charge in [-0.25, -0.2) is 0 Å². The maximum absolute atomic E-state index is 9.21. The van der Waals surface area contributed by atoms with Crippen LogP contribution in [0.15, 0.2) is 42.7 Å². The number of rotatable bonds is 5. The van der Waals surface area contributed by atoms with Crippen LogP contribution in [-0.4, -0.2) is 21.6 Å². The highest BCUT2D eigenvalue weighted by atomic mass is 32.1. The lowest BCUT2D eigenvalue weighted by Gasteiger charge is -2.10. The molecule has 0 unspecified atom stereocenters. The van der Waals surface area contributed by atoms with Gasteiger partial charge in [0, 0.05) is 18.3 Å². The van der Waals surface area contributed by atoms with E-state index in [4.69, 9.17) is 18.0 Å². The molecule has 0 amide bonds. The van der Waals surface area contributed by atoms with Crippen molar-refractivity contribution in [2.75, 3.05) is 11.9 Å². The van der Waals surface area contributed by atoms with Crippen molar-refractivity contribution in [2.24, 2.45) is 5.73 Å². The summed E-state index contributed by atoms with van der Waals surface area (Å²) in [6.07, 6.45) is 4.22. The van der Waals surface area contributed by atoms with Gasteiger partial charge < -0.3 is 16.2 Å². The van der Waals surface area contributed by atoms with Crippen molar-refractivity contribution in [3.63, 3.8) is 0 Å². The molecule has 98 valence electrons. The molecule has 0 aliphatic heterocycles. The van der Waals surface area contributed by atoms with Gasteiger partial charge in [-0.1, -0.05) is 24.4 Å². The van der Waals surface area contributed by atoms with Crippen LogP contribution in [0.4, 0.5) is 5.69 Å². The van der Waals surface area contributed by atoms with Crippen LogP contribution in [0.3, 0.4) is 0 Å². The summed E-state index contributed by atoms with van der Waals surface area (Å²) in [5, 5.41) is 12.5. The van der Waals surface area contributed by atoms with Gasteiger partial charge in [0.2, 0.25) is 0 Å². The third-order valence-corrected chi connectivity index (χ3v) is 2.97. The van der Waals surface area contributed by atoms with Gasteiger partial charge in [-0.2, -0.15) is 0 Å². The van der Waals surface area contributed by atoms with Crippen LogP contribution in [0.1, 0.15) is 11.1 Å². The molecule has 19 heavy (non-hydrogen) atoms. The van der Waals surface area contributed by atoms with Crippen molar-refractivity contribution in [1.82, 2.24) is 4.98 Å². The van der Waals surface area contributed by atoms with E-state index in [9.17, 15) is 5.11 Å². The highest BCUT2D eigenvalue weighted by Crippen LogP contribution is 2.14. The Hall–Kier alpha value is -2.14. The molecule has 0 radical (unpaired) electrons. The molecular weight excluding hydrogens is 258 g/mol. The Morgan fingerprint density at radius 2 is 2.00 bits per heavy atom. The number of nitrogens with zero attached hydrogens (tertiary/aromatic N) is 1. The second-order valence-electron chi connectivity index (χ2n) is 4.13. The number of nitrogens with one attached hydrogen (secondary N) is 1. The largest absolute Gasteiger partial charge is 0.508 e. The smallest absolute Gasteiger partial charge is 0.115 e. The molecule has 0 atom stereocenters. The molecule has 0 aliphatic carbocycles. The van der Waals surface area contributed by atoms with Gasteiger partial charge in [-0.3, -0.25) is 4.98 Å². The SMILES string of the molecule is NC(=S)c1ccncc1NCCc1ccc(O)cc1. The summed E-state index contributed by atoms with van der Waals surface area (Å²) in [6.45, 7) is 0.742. The molecule has 1 aromatic carbocycles. The van der Waals surface area contributed by atoms with Crippen molar-refractivity contribution in [1.29, 1.82) is 0 Å². The van der Waals surface area contributed by atoms with E-state index < -0.39 is 0 Å². The Morgan fingerprint density at radius 1 is 1.26 bits per heavy atom. The van der Waals surface area contributed by atoms with Gasteiger partial charge >= 0.3 is 0 Å². The van der Waals surface area contributed by atoms with E-state index in [1.807, 2.05) is 12.1 Å². The van der Waals surface area contributed by atoms with Gasteiger partial charge in [-0.15, -0.1) is 0 Å². The van der Waals surface area contributed by atoms with Gasteiger partial charge in [0.05, 0.1) is 11.9 Å². The number of benzene rings is 1. The van der Waals surface area contributed by atoms with E-state index in [0.29, 0.717) is 4.99 Å². The molecule has 2 rings (SSSR count). The fourth-order valence-corrected chi connectivity index (χ4v) is 1.93. The van der Waals surface area contributed by atoms with Crippen molar-refractivity contribution < 1.29 is 5.11 Å². The first-order valence-electron chi connectivity index (χ1n) is 5.92. The Labute approximate surface area is 117 Å². The van der Waals surface area contributed by atoms with Gasteiger partial charge in [0.1, 0.15) is 10.7 Å². The lowest BCUT2D eigenvalue weighted by atomic mass is 10.1. The van der Waals surface area contributed by atoms with Crippen LogP contribution in [0.2, 0.25) is 0 Å². The molecule has 0 saturated carbocycles. The monoisotopic (exact) mass is 273 g/mol. The summed E-state index contributed by atoms with van der Waals surface area (Å²) in [4.78, 5) is 4.41. The van der Waals surface area contributed by atoms with E-state index in [1.165, 1.54) is 0 Å². The topological polar surface area (TPSA) is 71.2 Å². The quantitative estimate of drug-likeness (QED) is 0.728. The highest BCUT2D eigenvalue weighted by molar-refractivity contribution is 7.80. The zero-order valence-electron chi connectivity index (χ0n) is 10.3. The number of aromatic nitrogens is 1. The zero-order valence-corrected chi connectivity index (χ0v) is 11.2. The Balaban J connectivity index is 1.96. The standard InChI is InChI=1S/C14H15N3OS/c15-14(19)12-6-7-16-9-13(12)17-8-5-10-1-3-11(18)4-2-10/h1-4,6-7,9,17-18H,5,8H2,(H2,15,19). The third-order valence-electron chi connectivity index (χ3n) is 2.75. The van der Waals surface area contributed by atoms with Crippen molar-refractivity contribution in [3.8, 4) is 5.75 Å². The minimum Gasteiger partial charge on any atom is -0.508 e. The maximum Gasteiger partial charge on any atom is 0.115 e. The molecule has 0 saturated heterocycles. The number of nitrogens with two attached hydrogens (primary N) is 1. The molecule has 5 heteroatoms. The molecule has 2 aromatic rings. The number of pyridine rings is 1. The number of thiocarbonyl (C=S) groups is 1. The summed E-state index contributed by atoms with van der Waals surface area (Å²) in [7, 11) is 0. The molecule has 1 heterocycles. The first-order valence-corrected chi connectivity index (χ1v) is 6.33. The lowest BCUT2D eigenvalue weighted by Crippen LogP contribution is -2.14. The molecule has 4 N–H and O–H groups in total. The average molecular weight is 273 g/mol. The molecule has 0 aliphatic rings. The summed E-state index contributed by atoms with van der Waals surface area (Å²) in [6, 6.07) is 8.95. The molecular formula is C14H15N3OS. The van der Waals surface area contributed by atoms with Gasteiger partial charge in [0.15, 0.2) is 0 Å². The normalized spacial score (nSPS) is 10.1. The molecule has 0 spiro atoms. The number of hydrogen-bond donors (Lipinski definition) is 3. The van der Waals surface area contributed by atoms with Crippen molar-refractivity contribution >= 4 is 22.9 Å². The van der Waals surface area contributed by atoms with E-state index in [1.54, 1.807) is 30.6 Å². The fraction of sp³-hybridized carbons (Fsp3) is 0.143. The van der Waals surface area contributed by atoms with E-state index >= 15 is 0 Å². The second kappa shape index (κ2) is 6.15. The van der Waals surface area contributed by atoms with E-state index in [-0.39, 0.29) is 5.75 Å². The molecule has 4 nitrogen and oxygen atoms in total. The first kappa shape index (κ1) is 13.3. The number of phenols is 1. The summed E-state index contributed by atoms with van der Waals surface area (Å²) in [5.41, 5.74) is 8.44. The molecule has 0 bridgehead atoms. The van der Waals surface area contributed by atoms with Crippen LogP contribution in [0.5, 0.6) is 5.75 Å². The molecule has 0 fully saturated rings. The predicted molar refractivity (Wildman–Crippen MR) is 80.4 cm³/mol.